The van der Waals surface area contributed by atoms with E-state index in [1.807, 2.05) is 4.68 Å². The van der Waals surface area contributed by atoms with Crippen LogP contribution in [0.1, 0.15) is 44.7 Å². The number of amidine groups is 1. The largest absolute Gasteiger partial charge is 0.478 e. The molecule has 0 saturated carbocycles. The Balaban J connectivity index is 2.22. The fourth-order valence-electron chi connectivity index (χ4n) is 2.23. The molecule has 6 heteroatoms. The minimum Gasteiger partial charge on any atom is -0.478 e. The van der Waals surface area contributed by atoms with Gasteiger partial charge in [0.15, 0.2) is 0 Å². The van der Waals surface area contributed by atoms with Crippen LogP contribution in [-0.4, -0.2) is 26.7 Å². The molecule has 0 aliphatic carbocycles. The Kier molecular flexibility index (Phi) is 4.55. The zero-order valence-corrected chi connectivity index (χ0v) is 11.7. The van der Waals surface area contributed by atoms with Gasteiger partial charge in [0.2, 0.25) is 0 Å². The van der Waals surface area contributed by atoms with E-state index >= 15 is 0 Å². The van der Waals surface area contributed by atoms with Gasteiger partial charge in [-0.15, -0.1) is 0 Å². The molecule has 0 atom stereocenters. The second-order valence-corrected chi connectivity index (χ2v) is 4.95. The number of rotatable bonds is 6. The van der Waals surface area contributed by atoms with Crippen molar-refractivity contribution in [2.45, 2.75) is 45.6 Å². The fraction of sp³-hybridized carbons (Fsp3) is 0.500. The van der Waals surface area contributed by atoms with Crippen LogP contribution in [0.4, 0.5) is 5.69 Å². The van der Waals surface area contributed by atoms with Crippen LogP contribution in [-0.2, 0) is 11.3 Å². The van der Waals surface area contributed by atoms with Crippen LogP contribution in [0, 0.1) is 0 Å². The van der Waals surface area contributed by atoms with Crippen molar-refractivity contribution in [2.75, 3.05) is 0 Å². The lowest BCUT2D eigenvalue weighted by molar-refractivity contribution is -0.132. The number of hydrogen-bond acceptors (Lipinski definition) is 4. The Morgan fingerprint density at radius 3 is 2.95 bits per heavy atom. The predicted molar refractivity (Wildman–Crippen MR) is 77.9 cm³/mol. The predicted octanol–water partition coefficient (Wildman–Crippen LogP) is 2.32. The van der Waals surface area contributed by atoms with Gasteiger partial charge in [0.05, 0.1) is 11.9 Å². The maximum atomic E-state index is 11.2. The van der Waals surface area contributed by atoms with Gasteiger partial charge >= 0.3 is 5.97 Å². The highest BCUT2D eigenvalue weighted by Gasteiger charge is 2.18. The monoisotopic (exact) mass is 276 g/mol. The molecule has 0 unspecified atom stereocenters. The highest BCUT2D eigenvalue weighted by atomic mass is 16.4. The van der Waals surface area contributed by atoms with Crippen LogP contribution in [0.5, 0.6) is 0 Å². The number of aromatic nitrogens is 2. The van der Waals surface area contributed by atoms with E-state index in [0.29, 0.717) is 11.5 Å². The number of nitrogens with zero attached hydrogens (tertiary/aromatic N) is 3. The third-order valence-electron chi connectivity index (χ3n) is 3.30. The van der Waals surface area contributed by atoms with E-state index in [2.05, 4.69) is 17.0 Å². The van der Waals surface area contributed by atoms with Crippen LogP contribution in [0.25, 0.3) is 6.08 Å². The molecule has 20 heavy (non-hydrogen) atoms. The van der Waals surface area contributed by atoms with Crippen molar-refractivity contribution >= 4 is 23.6 Å². The lowest BCUT2D eigenvalue weighted by Crippen LogP contribution is -2.14. The van der Waals surface area contributed by atoms with Gasteiger partial charge in [-0.2, -0.15) is 5.10 Å². The SMILES string of the molecule is CCCCCCn1ncc2c1C=C(C(=O)O)CC(N)=N2. The van der Waals surface area contributed by atoms with Crippen LogP contribution >= 0.6 is 0 Å². The summed E-state index contributed by atoms with van der Waals surface area (Å²) >= 11 is 0. The van der Waals surface area contributed by atoms with Crippen molar-refractivity contribution in [1.29, 1.82) is 0 Å². The normalized spacial score (nSPS) is 14.2. The van der Waals surface area contributed by atoms with Crippen LogP contribution < -0.4 is 5.73 Å². The number of carbonyl (C=O) groups is 1. The maximum absolute atomic E-state index is 11.2. The van der Waals surface area contributed by atoms with Gasteiger partial charge in [-0.05, 0) is 12.5 Å². The van der Waals surface area contributed by atoms with Crippen molar-refractivity contribution < 1.29 is 9.90 Å². The number of aliphatic imine (C=N–C) groups is 1. The summed E-state index contributed by atoms with van der Waals surface area (Å²) in [4.78, 5) is 15.4. The van der Waals surface area contributed by atoms with Crippen LogP contribution in [0.2, 0.25) is 0 Å². The third-order valence-corrected chi connectivity index (χ3v) is 3.30. The van der Waals surface area contributed by atoms with Crippen LogP contribution in [0.3, 0.4) is 0 Å². The summed E-state index contributed by atoms with van der Waals surface area (Å²) in [5.41, 5.74) is 7.37. The lowest BCUT2D eigenvalue weighted by atomic mass is 10.1. The number of unbranched alkanes of at least 4 members (excludes halogenated alkanes) is 3. The van der Waals surface area contributed by atoms with Gasteiger partial charge in [0.1, 0.15) is 11.5 Å². The number of nitrogens with two attached hydrogens (primary N) is 1. The molecule has 1 aromatic heterocycles. The van der Waals surface area contributed by atoms with Crippen molar-refractivity contribution in [3.05, 3.63) is 17.5 Å². The van der Waals surface area contributed by atoms with Gasteiger partial charge < -0.3 is 10.8 Å². The lowest BCUT2D eigenvalue weighted by Gasteiger charge is -2.05. The molecule has 0 saturated heterocycles. The first kappa shape index (κ1) is 14.3. The highest BCUT2D eigenvalue weighted by Crippen LogP contribution is 2.26. The Hall–Kier alpha value is -2.11. The molecule has 0 spiro atoms. The molecular formula is C14H20N4O2. The summed E-state index contributed by atoms with van der Waals surface area (Å²) in [6, 6.07) is 0. The first-order valence-corrected chi connectivity index (χ1v) is 6.94. The van der Waals surface area contributed by atoms with E-state index in [1.165, 1.54) is 12.8 Å². The first-order chi connectivity index (χ1) is 9.61. The van der Waals surface area contributed by atoms with Crippen molar-refractivity contribution in [3.8, 4) is 0 Å². The molecule has 0 bridgehead atoms. The second-order valence-electron chi connectivity index (χ2n) is 4.95. The summed E-state index contributed by atoms with van der Waals surface area (Å²) in [5, 5.41) is 13.5. The van der Waals surface area contributed by atoms with E-state index in [-0.39, 0.29) is 12.0 Å². The average molecular weight is 276 g/mol. The number of aliphatic carboxylic acids is 1. The molecule has 6 nitrogen and oxygen atoms in total. The molecular weight excluding hydrogens is 256 g/mol. The summed E-state index contributed by atoms with van der Waals surface area (Å²) in [5.74, 6) is -0.655. The van der Waals surface area contributed by atoms with Crippen molar-refractivity contribution in [3.63, 3.8) is 0 Å². The van der Waals surface area contributed by atoms with E-state index in [1.54, 1.807) is 12.3 Å². The number of hydrogen-bond donors (Lipinski definition) is 2. The minimum atomic E-state index is -0.963. The summed E-state index contributed by atoms with van der Waals surface area (Å²) in [6.45, 7) is 2.94. The molecule has 1 aromatic rings. The third kappa shape index (κ3) is 3.26. The Labute approximate surface area is 118 Å². The van der Waals surface area contributed by atoms with E-state index in [0.717, 1.165) is 25.1 Å². The van der Waals surface area contributed by atoms with Crippen LogP contribution in [0.15, 0.2) is 16.8 Å². The van der Waals surface area contributed by atoms with Gasteiger partial charge in [0, 0.05) is 18.5 Å². The summed E-state index contributed by atoms with van der Waals surface area (Å²) in [7, 11) is 0. The molecule has 2 rings (SSSR count). The summed E-state index contributed by atoms with van der Waals surface area (Å²) in [6.07, 6.45) is 7.99. The molecule has 0 amide bonds. The highest BCUT2D eigenvalue weighted by molar-refractivity contribution is 6.01. The van der Waals surface area contributed by atoms with E-state index in [4.69, 9.17) is 5.73 Å². The number of aryl methyl sites for hydroxylation is 1. The molecule has 1 aliphatic heterocycles. The van der Waals surface area contributed by atoms with E-state index in [9.17, 15) is 9.90 Å². The van der Waals surface area contributed by atoms with Gasteiger partial charge in [-0.1, -0.05) is 26.2 Å². The molecule has 3 N–H and O–H groups in total. The second kappa shape index (κ2) is 6.36. The van der Waals surface area contributed by atoms with Crippen molar-refractivity contribution in [2.24, 2.45) is 10.7 Å². The number of carboxylic acid groups (broad SMARTS) is 1. The number of carboxylic acids is 1. The quantitative estimate of drug-likeness (QED) is 0.780. The minimum absolute atomic E-state index is 0.167. The molecule has 0 fully saturated rings. The smallest absolute Gasteiger partial charge is 0.332 e. The maximum Gasteiger partial charge on any atom is 0.332 e. The molecule has 1 aliphatic rings. The molecule has 0 aromatic carbocycles. The van der Waals surface area contributed by atoms with E-state index < -0.39 is 5.97 Å². The zero-order chi connectivity index (χ0) is 14.5. The first-order valence-electron chi connectivity index (χ1n) is 6.94. The zero-order valence-electron chi connectivity index (χ0n) is 11.7. The average Bonchev–Trinajstić information content (AvgIpc) is 2.67. The molecule has 108 valence electrons. The molecule has 2 heterocycles. The Bertz CT molecular complexity index is 558. The number of fused-ring (bicyclic) bond motifs is 1. The Morgan fingerprint density at radius 2 is 2.25 bits per heavy atom. The standard InChI is InChI=1S/C14H20N4O2/c1-2-3-4-5-6-18-12-7-10(14(19)20)8-13(15)17-11(12)9-16-18/h7,9H,2-6,8H2,1H3,(H2,15,17)(H,19,20). The van der Waals surface area contributed by atoms with Gasteiger partial charge in [-0.3, -0.25) is 4.68 Å². The molecule has 0 radical (unpaired) electrons. The topological polar surface area (TPSA) is 93.5 Å². The Morgan fingerprint density at radius 1 is 1.45 bits per heavy atom. The van der Waals surface area contributed by atoms with Gasteiger partial charge in [0.25, 0.3) is 0 Å². The van der Waals surface area contributed by atoms with Crippen molar-refractivity contribution in [1.82, 2.24) is 9.78 Å². The van der Waals surface area contributed by atoms with Gasteiger partial charge in [-0.25, -0.2) is 9.79 Å². The summed E-state index contributed by atoms with van der Waals surface area (Å²) < 4.78 is 1.82. The fourth-order valence-corrected chi connectivity index (χ4v) is 2.23.